The zero-order valence-electron chi connectivity index (χ0n) is 12.9. The second kappa shape index (κ2) is 6.47. The van der Waals surface area contributed by atoms with E-state index in [4.69, 9.17) is 4.74 Å². The van der Waals surface area contributed by atoms with Gasteiger partial charge in [0.25, 0.3) is 0 Å². The van der Waals surface area contributed by atoms with Crippen molar-refractivity contribution >= 4 is 11.3 Å². The van der Waals surface area contributed by atoms with Crippen molar-refractivity contribution in [3.63, 3.8) is 0 Å². The highest BCUT2D eigenvalue weighted by Gasteiger charge is 2.19. The third-order valence-electron chi connectivity index (χ3n) is 3.79. The van der Waals surface area contributed by atoms with Crippen LogP contribution in [0.2, 0.25) is 0 Å². The number of aryl methyl sites for hydroxylation is 1. The summed E-state index contributed by atoms with van der Waals surface area (Å²) in [5.74, 6) is 0.766. The molecule has 1 fully saturated rings. The predicted molar refractivity (Wildman–Crippen MR) is 88.1 cm³/mol. The summed E-state index contributed by atoms with van der Waals surface area (Å²) in [5.41, 5.74) is 1.57. The summed E-state index contributed by atoms with van der Waals surface area (Å²) in [5, 5.41) is 10.2. The molecule has 0 N–H and O–H groups in total. The Morgan fingerprint density at radius 1 is 1.41 bits per heavy atom. The third kappa shape index (κ3) is 3.46. The lowest BCUT2D eigenvalue weighted by molar-refractivity contribution is 0.104. The van der Waals surface area contributed by atoms with Crippen molar-refractivity contribution in [1.29, 1.82) is 5.26 Å². The van der Waals surface area contributed by atoms with Crippen molar-refractivity contribution in [2.24, 2.45) is 0 Å². The summed E-state index contributed by atoms with van der Waals surface area (Å²) in [4.78, 5) is 7.85. The van der Waals surface area contributed by atoms with Crippen LogP contribution in [0.3, 0.4) is 0 Å². The van der Waals surface area contributed by atoms with Gasteiger partial charge in [0.05, 0.1) is 11.6 Å². The molecule has 2 heterocycles. The van der Waals surface area contributed by atoms with Gasteiger partial charge in [0.1, 0.15) is 16.9 Å². The molecule has 0 aliphatic carbocycles. The van der Waals surface area contributed by atoms with Gasteiger partial charge in [0.15, 0.2) is 0 Å². The van der Waals surface area contributed by atoms with Crippen LogP contribution in [-0.4, -0.2) is 36.1 Å². The largest absolute Gasteiger partial charge is 0.489 e. The molecule has 1 aromatic heterocycles. The summed E-state index contributed by atoms with van der Waals surface area (Å²) < 4.78 is 6.12. The van der Waals surface area contributed by atoms with E-state index in [9.17, 15) is 5.26 Å². The Morgan fingerprint density at radius 2 is 2.27 bits per heavy atom. The summed E-state index contributed by atoms with van der Waals surface area (Å²) in [6, 6.07) is 7.90. The maximum Gasteiger partial charge on any atom is 0.123 e. The number of likely N-dealkylation sites (tertiary alicyclic amines) is 1. The zero-order valence-corrected chi connectivity index (χ0v) is 13.7. The number of benzene rings is 1. The highest BCUT2D eigenvalue weighted by atomic mass is 32.1. The van der Waals surface area contributed by atoms with Gasteiger partial charge in [-0.15, -0.1) is 11.3 Å². The second-order valence-electron chi connectivity index (χ2n) is 5.78. The number of piperidine rings is 1. The molecule has 1 aliphatic rings. The van der Waals surface area contributed by atoms with Crippen molar-refractivity contribution in [1.82, 2.24) is 9.88 Å². The molecule has 1 aromatic carbocycles. The molecular formula is C17H19N3OS. The second-order valence-corrected chi connectivity index (χ2v) is 7.01. The monoisotopic (exact) mass is 313 g/mol. The fourth-order valence-electron chi connectivity index (χ4n) is 2.75. The Kier molecular flexibility index (Phi) is 4.41. The van der Waals surface area contributed by atoms with Crippen LogP contribution in [0.1, 0.15) is 23.3 Å². The number of thiazole rings is 1. The number of aromatic nitrogens is 1. The van der Waals surface area contributed by atoms with Crippen LogP contribution in [0.25, 0.3) is 10.6 Å². The molecule has 22 heavy (non-hydrogen) atoms. The molecule has 2 aromatic rings. The molecule has 0 bridgehead atoms. The van der Waals surface area contributed by atoms with Crippen LogP contribution in [-0.2, 0) is 0 Å². The Balaban J connectivity index is 1.86. The van der Waals surface area contributed by atoms with E-state index in [-0.39, 0.29) is 6.10 Å². The first-order valence-electron chi connectivity index (χ1n) is 7.47. The number of nitriles is 1. The van der Waals surface area contributed by atoms with Gasteiger partial charge in [-0.05, 0) is 51.6 Å². The molecular weight excluding hydrogens is 294 g/mol. The number of ether oxygens (including phenoxy) is 1. The van der Waals surface area contributed by atoms with Gasteiger partial charge in [-0.3, -0.25) is 0 Å². The fourth-order valence-corrected chi connectivity index (χ4v) is 3.50. The number of nitrogens with zero attached hydrogens (tertiary/aromatic N) is 3. The Morgan fingerprint density at radius 3 is 2.95 bits per heavy atom. The van der Waals surface area contributed by atoms with Gasteiger partial charge in [0.2, 0.25) is 0 Å². The quantitative estimate of drug-likeness (QED) is 0.870. The lowest BCUT2D eigenvalue weighted by Gasteiger charge is -2.30. The standard InChI is InChI=1S/C17H19N3OS/c1-12-10-19-17(22-12)14-6-13(9-18)7-16(8-14)21-15-4-3-5-20(2)11-15/h6-8,10,15H,3-5,11H2,1-2H3/t15-/m0/s1. The normalized spacial score (nSPS) is 18.9. The summed E-state index contributed by atoms with van der Waals surface area (Å²) in [6.07, 6.45) is 4.26. The lowest BCUT2D eigenvalue weighted by atomic mass is 10.1. The number of rotatable bonds is 3. The topological polar surface area (TPSA) is 49.1 Å². The van der Waals surface area contributed by atoms with Crippen LogP contribution in [0.4, 0.5) is 0 Å². The van der Waals surface area contributed by atoms with Gasteiger partial charge in [-0.1, -0.05) is 0 Å². The van der Waals surface area contributed by atoms with Crippen LogP contribution in [0, 0.1) is 18.3 Å². The van der Waals surface area contributed by atoms with E-state index in [1.54, 1.807) is 11.3 Å². The molecule has 0 spiro atoms. The van der Waals surface area contributed by atoms with E-state index < -0.39 is 0 Å². The van der Waals surface area contributed by atoms with Crippen LogP contribution < -0.4 is 4.74 Å². The van der Waals surface area contributed by atoms with Gasteiger partial charge in [0, 0.05) is 23.2 Å². The van der Waals surface area contributed by atoms with Crippen molar-refractivity contribution in [2.45, 2.75) is 25.9 Å². The number of hydrogen-bond acceptors (Lipinski definition) is 5. The van der Waals surface area contributed by atoms with E-state index in [0.29, 0.717) is 5.56 Å². The van der Waals surface area contributed by atoms with Crippen LogP contribution in [0.15, 0.2) is 24.4 Å². The van der Waals surface area contributed by atoms with E-state index in [1.807, 2.05) is 31.3 Å². The van der Waals surface area contributed by atoms with E-state index in [0.717, 1.165) is 47.1 Å². The minimum Gasteiger partial charge on any atom is -0.489 e. The fraction of sp³-hybridized carbons (Fsp3) is 0.412. The molecule has 4 nitrogen and oxygen atoms in total. The average Bonchev–Trinajstić information content (AvgIpc) is 2.93. The lowest BCUT2D eigenvalue weighted by Crippen LogP contribution is -2.38. The highest BCUT2D eigenvalue weighted by molar-refractivity contribution is 7.14. The van der Waals surface area contributed by atoms with E-state index >= 15 is 0 Å². The van der Waals surface area contributed by atoms with Crippen molar-refractivity contribution in [3.05, 3.63) is 34.8 Å². The molecule has 0 radical (unpaired) electrons. The molecule has 3 rings (SSSR count). The molecule has 0 unspecified atom stereocenters. The SMILES string of the molecule is Cc1cnc(-c2cc(C#N)cc(O[C@H]3CCCN(C)C3)c2)s1. The molecule has 5 heteroatoms. The smallest absolute Gasteiger partial charge is 0.123 e. The van der Waals surface area contributed by atoms with Gasteiger partial charge in [-0.2, -0.15) is 5.26 Å². The third-order valence-corrected chi connectivity index (χ3v) is 4.75. The number of likely N-dealkylation sites (N-methyl/N-ethyl adjacent to an activating group) is 1. The number of hydrogen-bond donors (Lipinski definition) is 0. The Bertz CT molecular complexity index is 704. The van der Waals surface area contributed by atoms with E-state index in [2.05, 4.69) is 23.0 Å². The van der Waals surface area contributed by atoms with Gasteiger partial charge < -0.3 is 9.64 Å². The average molecular weight is 313 g/mol. The van der Waals surface area contributed by atoms with Gasteiger partial charge >= 0.3 is 0 Å². The molecule has 0 saturated carbocycles. The van der Waals surface area contributed by atoms with Crippen molar-refractivity contribution in [2.75, 3.05) is 20.1 Å². The maximum absolute atomic E-state index is 9.26. The van der Waals surface area contributed by atoms with Crippen LogP contribution in [0.5, 0.6) is 5.75 Å². The summed E-state index contributed by atoms with van der Waals surface area (Å²) in [7, 11) is 2.12. The molecule has 1 atom stereocenters. The first kappa shape index (κ1) is 15.0. The first-order chi connectivity index (χ1) is 10.6. The Labute approximate surface area is 135 Å². The summed E-state index contributed by atoms with van der Waals surface area (Å²) >= 11 is 1.63. The predicted octanol–water partition coefficient (Wildman–Crippen LogP) is 3.46. The summed E-state index contributed by atoms with van der Waals surface area (Å²) in [6.45, 7) is 4.09. The van der Waals surface area contributed by atoms with Gasteiger partial charge in [-0.25, -0.2) is 4.98 Å². The minimum absolute atomic E-state index is 0.193. The Hall–Kier alpha value is -1.90. The van der Waals surface area contributed by atoms with E-state index in [1.165, 1.54) is 0 Å². The molecule has 1 saturated heterocycles. The van der Waals surface area contributed by atoms with Crippen molar-refractivity contribution in [3.8, 4) is 22.4 Å². The molecule has 1 aliphatic heterocycles. The molecule has 0 amide bonds. The zero-order chi connectivity index (χ0) is 15.5. The van der Waals surface area contributed by atoms with Crippen LogP contribution >= 0.6 is 11.3 Å². The molecule has 114 valence electrons. The highest BCUT2D eigenvalue weighted by Crippen LogP contribution is 2.30. The van der Waals surface area contributed by atoms with Crippen molar-refractivity contribution < 1.29 is 4.74 Å². The first-order valence-corrected chi connectivity index (χ1v) is 8.29. The minimum atomic E-state index is 0.193. The maximum atomic E-state index is 9.26.